The van der Waals surface area contributed by atoms with Gasteiger partial charge in [0.25, 0.3) is 0 Å². The molecule has 1 aliphatic rings. The molecule has 0 amide bonds. The number of nitrogens with two attached hydrogens (primary N) is 1. The Balaban J connectivity index is 2.04. The fraction of sp³-hybridized carbons (Fsp3) is 0.545. The molecular formula is C11H15BrClN3O. The molecule has 0 spiro atoms. The van der Waals surface area contributed by atoms with Crippen molar-refractivity contribution in [2.45, 2.75) is 31.5 Å². The second-order valence-electron chi connectivity index (χ2n) is 4.05. The van der Waals surface area contributed by atoms with Crippen LogP contribution in [0.4, 0.5) is 5.82 Å². The van der Waals surface area contributed by atoms with Crippen LogP contribution in [0.2, 0.25) is 5.02 Å². The summed E-state index contributed by atoms with van der Waals surface area (Å²) in [4.78, 5) is 4.23. The monoisotopic (exact) mass is 319 g/mol. The number of hydrogen-bond donors (Lipinski definition) is 2. The summed E-state index contributed by atoms with van der Waals surface area (Å²) in [6, 6.07) is 2.02. The van der Waals surface area contributed by atoms with Gasteiger partial charge in [0.1, 0.15) is 5.82 Å². The highest BCUT2D eigenvalue weighted by Crippen LogP contribution is 2.29. The van der Waals surface area contributed by atoms with Crippen molar-refractivity contribution in [2.75, 3.05) is 11.9 Å². The van der Waals surface area contributed by atoms with Gasteiger partial charge in [0.15, 0.2) is 0 Å². The molecule has 1 saturated carbocycles. The molecule has 3 atom stereocenters. The van der Waals surface area contributed by atoms with Gasteiger partial charge in [-0.2, -0.15) is 0 Å². The zero-order valence-electron chi connectivity index (χ0n) is 9.49. The Kier molecular flexibility index (Phi) is 4.25. The van der Waals surface area contributed by atoms with Crippen molar-refractivity contribution >= 4 is 33.3 Å². The Labute approximate surface area is 114 Å². The van der Waals surface area contributed by atoms with Gasteiger partial charge in [0.05, 0.1) is 21.6 Å². The van der Waals surface area contributed by atoms with E-state index in [2.05, 4.69) is 26.2 Å². The molecule has 0 radical (unpaired) electrons. The third kappa shape index (κ3) is 2.91. The number of halogens is 2. The molecular weight excluding hydrogens is 305 g/mol. The molecule has 4 nitrogen and oxygen atoms in total. The average Bonchev–Trinajstić information content (AvgIpc) is 2.27. The van der Waals surface area contributed by atoms with Crippen molar-refractivity contribution in [3.8, 4) is 0 Å². The molecule has 0 aromatic carbocycles. The lowest BCUT2D eigenvalue weighted by atomic mass is 9.83. The molecule has 0 bridgehead atoms. The fourth-order valence-electron chi connectivity index (χ4n) is 1.91. The highest BCUT2D eigenvalue weighted by molar-refractivity contribution is 9.10. The van der Waals surface area contributed by atoms with Crippen LogP contribution in [0.5, 0.6) is 0 Å². The summed E-state index contributed by atoms with van der Waals surface area (Å²) in [7, 11) is 0. The van der Waals surface area contributed by atoms with Gasteiger partial charge in [0, 0.05) is 18.8 Å². The van der Waals surface area contributed by atoms with Crippen LogP contribution < -0.4 is 11.1 Å². The molecule has 1 aliphatic carbocycles. The highest BCUT2D eigenvalue weighted by Gasteiger charge is 2.39. The van der Waals surface area contributed by atoms with Gasteiger partial charge in [-0.05, 0) is 35.3 Å². The fourth-order valence-corrected chi connectivity index (χ4v) is 2.66. The molecule has 1 heterocycles. The van der Waals surface area contributed by atoms with Crippen molar-refractivity contribution in [3.05, 3.63) is 21.8 Å². The van der Waals surface area contributed by atoms with Crippen molar-refractivity contribution in [3.63, 3.8) is 0 Å². The number of nitrogens with zero attached hydrogens (tertiary/aromatic N) is 1. The van der Waals surface area contributed by atoms with E-state index in [4.69, 9.17) is 22.1 Å². The summed E-state index contributed by atoms with van der Waals surface area (Å²) < 4.78 is 6.42. The summed E-state index contributed by atoms with van der Waals surface area (Å²) in [5.41, 5.74) is 5.96. The lowest BCUT2D eigenvalue weighted by molar-refractivity contribution is -0.0127. The Morgan fingerprint density at radius 2 is 2.47 bits per heavy atom. The standard InChI is InChI=1S/C11H15BrClN3O/c1-2-17-9-4-8(14)10(9)16-11-7(12)3-6(13)5-15-11/h3,5,8-10H,2,4,14H2,1H3,(H,15,16). The first-order valence-electron chi connectivity index (χ1n) is 5.56. The zero-order chi connectivity index (χ0) is 12.4. The molecule has 94 valence electrons. The summed E-state index contributed by atoms with van der Waals surface area (Å²) in [6.07, 6.45) is 2.66. The third-order valence-corrected chi connectivity index (χ3v) is 3.67. The van der Waals surface area contributed by atoms with Crippen LogP contribution in [0, 0.1) is 0 Å². The van der Waals surface area contributed by atoms with Crippen LogP contribution in [-0.2, 0) is 4.74 Å². The first-order valence-corrected chi connectivity index (χ1v) is 6.73. The normalized spacial score (nSPS) is 27.6. The predicted octanol–water partition coefficient (Wildman–Crippen LogP) is 2.41. The molecule has 1 aromatic rings. The van der Waals surface area contributed by atoms with Crippen molar-refractivity contribution in [1.29, 1.82) is 0 Å². The van der Waals surface area contributed by atoms with Crippen LogP contribution in [0.15, 0.2) is 16.7 Å². The number of ether oxygens (including phenoxy) is 1. The van der Waals surface area contributed by atoms with Crippen LogP contribution in [0.25, 0.3) is 0 Å². The van der Waals surface area contributed by atoms with Gasteiger partial charge in [0.2, 0.25) is 0 Å². The van der Waals surface area contributed by atoms with Gasteiger partial charge in [-0.15, -0.1) is 0 Å². The van der Waals surface area contributed by atoms with Crippen LogP contribution in [0.1, 0.15) is 13.3 Å². The summed E-state index contributed by atoms with van der Waals surface area (Å²) in [5.74, 6) is 0.749. The van der Waals surface area contributed by atoms with Gasteiger partial charge in [-0.25, -0.2) is 4.98 Å². The Morgan fingerprint density at radius 3 is 3.06 bits per heavy atom. The number of nitrogens with one attached hydrogen (secondary N) is 1. The number of pyridine rings is 1. The van der Waals surface area contributed by atoms with E-state index >= 15 is 0 Å². The zero-order valence-corrected chi connectivity index (χ0v) is 11.8. The quantitative estimate of drug-likeness (QED) is 0.894. The van der Waals surface area contributed by atoms with Gasteiger partial charge in [-0.3, -0.25) is 0 Å². The van der Waals surface area contributed by atoms with Crippen LogP contribution in [0.3, 0.4) is 0 Å². The molecule has 0 aliphatic heterocycles. The first kappa shape index (κ1) is 13.1. The maximum absolute atomic E-state index is 5.96. The topological polar surface area (TPSA) is 60.2 Å². The molecule has 0 saturated heterocycles. The Hall–Kier alpha value is -0.360. The number of aromatic nitrogens is 1. The molecule has 6 heteroatoms. The minimum Gasteiger partial charge on any atom is -0.376 e. The highest BCUT2D eigenvalue weighted by atomic mass is 79.9. The number of rotatable bonds is 4. The maximum atomic E-state index is 5.96. The van der Waals surface area contributed by atoms with E-state index in [1.165, 1.54) is 0 Å². The molecule has 3 unspecified atom stereocenters. The minimum absolute atomic E-state index is 0.107. The van der Waals surface area contributed by atoms with Gasteiger partial charge in [-0.1, -0.05) is 11.6 Å². The summed E-state index contributed by atoms with van der Waals surface area (Å²) in [5, 5.41) is 3.89. The Morgan fingerprint density at radius 1 is 1.71 bits per heavy atom. The molecule has 17 heavy (non-hydrogen) atoms. The lowest BCUT2D eigenvalue weighted by Crippen LogP contribution is -2.60. The van der Waals surface area contributed by atoms with Crippen LogP contribution >= 0.6 is 27.5 Å². The van der Waals surface area contributed by atoms with Crippen LogP contribution in [-0.4, -0.2) is 29.8 Å². The summed E-state index contributed by atoms with van der Waals surface area (Å²) >= 11 is 9.26. The van der Waals surface area contributed by atoms with Gasteiger partial charge < -0.3 is 15.8 Å². The Bertz CT molecular complexity index is 402. The third-order valence-electron chi connectivity index (χ3n) is 2.86. The maximum Gasteiger partial charge on any atom is 0.140 e. The van der Waals surface area contributed by atoms with Gasteiger partial charge >= 0.3 is 0 Å². The second-order valence-corrected chi connectivity index (χ2v) is 5.34. The minimum atomic E-state index is 0.107. The molecule has 1 aromatic heterocycles. The molecule has 1 fully saturated rings. The van der Waals surface area contributed by atoms with E-state index in [9.17, 15) is 0 Å². The van der Waals surface area contributed by atoms with E-state index in [0.717, 1.165) is 16.7 Å². The molecule has 2 rings (SSSR count). The van der Waals surface area contributed by atoms with E-state index in [1.807, 2.05) is 6.92 Å². The smallest absolute Gasteiger partial charge is 0.140 e. The number of anilines is 1. The lowest BCUT2D eigenvalue weighted by Gasteiger charge is -2.42. The van der Waals surface area contributed by atoms with Crippen molar-refractivity contribution < 1.29 is 4.74 Å². The van der Waals surface area contributed by atoms with E-state index in [-0.39, 0.29) is 18.2 Å². The van der Waals surface area contributed by atoms with E-state index in [0.29, 0.717) is 11.6 Å². The predicted molar refractivity (Wildman–Crippen MR) is 72.4 cm³/mol. The second kappa shape index (κ2) is 5.52. The first-order chi connectivity index (χ1) is 8.11. The van der Waals surface area contributed by atoms with E-state index in [1.54, 1.807) is 12.3 Å². The largest absolute Gasteiger partial charge is 0.376 e. The number of hydrogen-bond acceptors (Lipinski definition) is 4. The molecule has 3 N–H and O–H groups in total. The SMILES string of the molecule is CCOC1CC(N)C1Nc1ncc(Cl)cc1Br. The van der Waals surface area contributed by atoms with E-state index < -0.39 is 0 Å². The van der Waals surface area contributed by atoms with Crippen molar-refractivity contribution in [2.24, 2.45) is 5.73 Å². The summed E-state index contributed by atoms with van der Waals surface area (Å²) in [6.45, 7) is 2.68. The van der Waals surface area contributed by atoms with Crippen molar-refractivity contribution in [1.82, 2.24) is 4.98 Å². The average molecular weight is 321 g/mol.